The van der Waals surface area contributed by atoms with Gasteiger partial charge in [0.15, 0.2) is 11.5 Å². The zero-order valence-corrected chi connectivity index (χ0v) is 18.7. The molecule has 0 aliphatic carbocycles. The number of methoxy groups -OCH3 is 3. The number of ether oxygens (including phenoxy) is 3. The van der Waals surface area contributed by atoms with Crippen LogP contribution < -0.4 is 24.8 Å². The Labute approximate surface area is 190 Å². The summed E-state index contributed by atoms with van der Waals surface area (Å²) >= 11 is 1.11. The lowest BCUT2D eigenvalue weighted by atomic mass is 9.87. The Kier molecular flexibility index (Phi) is 7.63. The second kappa shape index (κ2) is 10.6. The van der Waals surface area contributed by atoms with Crippen LogP contribution >= 0.6 is 11.8 Å². The molecule has 8 nitrogen and oxygen atoms in total. The van der Waals surface area contributed by atoms with Crippen LogP contribution in [-0.4, -0.2) is 38.9 Å². The maximum absolute atomic E-state index is 12.5. The average molecular weight is 454 g/mol. The molecular weight excluding hydrogens is 430 g/mol. The van der Waals surface area contributed by atoms with Gasteiger partial charge >= 0.3 is 0 Å². The fraction of sp³-hybridized carbons (Fsp3) is 0.261. The van der Waals surface area contributed by atoms with Gasteiger partial charge in [0, 0.05) is 12.3 Å². The van der Waals surface area contributed by atoms with Crippen LogP contribution in [-0.2, 0) is 9.59 Å². The number of hydrogen-bond donors (Lipinski definition) is 2. The van der Waals surface area contributed by atoms with E-state index in [2.05, 4.69) is 16.7 Å². The van der Waals surface area contributed by atoms with Crippen molar-refractivity contribution in [3.05, 3.63) is 58.6 Å². The highest BCUT2D eigenvalue weighted by atomic mass is 32.2. The van der Waals surface area contributed by atoms with Gasteiger partial charge in [0.1, 0.15) is 5.75 Å². The van der Waals surface area contributed by atoms with Crippen LogP contribution in [0.2, 0.25) is 0 Å². The summed E-state index contributed by atoms with van der Waals surface area (Å²) in [6, 6.07) is 14.6. The minimum absolute atomic E-state index is 0.0114. The summed E-state index contributed by atoms with van der Waals surface area (Å²) in [7, 11) is 4.59. The molecule has 3 rings (SSSR count). The van der Waals surface area contributed by atoms with Gasteiger partial charge in [-0.1, -0.05) is 30.0 Å². The maximum Gasteiger partial charge on any atom is 0.234 e. The minimum atomic E-state index is -0.451. The smallest absolute Gasteiger partial charge is 0.234 e. The van der Waals surface area contributed by atoms with Crippen molar-refractivity contribution in [2.75, 3.05) is 32.4 Å². The molecule has 0 fully saturated rings. The number of carbonyl (C=O) groups is 2. The highest BCUT2D eigenvalue weighted by Gasteiger charge is 2.30. The highest BCUT2D eigenvalue weighted by Crippen LogP contribution is 2.39. The number of hydrogen-bond acceptors (Lipinski definition) is 7. The van der Waals surface area contributed by atoms with Crippen LogP contribution in [0.3, 0.4) is 0 Å². The average Bonchev–Trinajstić information content (AvgIpc) is 2.82. The lowest BCUT2D eigenvalue weighted by Crippen LogP contribution is -2.31. The highest BCUT2D eigenvalue weighted by molar-refractivity contribution is 8.03. The van der Waals surface area contributed by atoms with Gasteiger partial charge in [-0.3, -0.25) is 9.59 Å². The summed E-state index contributed by atoms with van der Waals surface area (Å²) in [5.41, 5.74) is 1.70. The quantitative estimate of drug-likeness (QED) is 0.630. The molecule has 0 saturated carbocycles. The first kappa shape index (κ1) is 23.0. The third kappa shape index (κ3) is 5.15. The van der Waals surface area contributed by atoms with Gasteiger partial charge in [0.25, 0.3) is 0 Å². The SMILES string of the molecule is COc1ccccc1NC(=O)CSC1=C(C#N)C(c2ccc(OC)c(OC)c2)CC(=O)N1. The van der Waals surface area contributed by atoms with Crippen molar-refractivity contribution in [3.8, 4) is 23.3 Å². The largest absolute Gasteiger partial charge is 0.495 e. The first-order valence-corrected chi connectivity index (χ1v) is 10.7. The number of carbonyl (C=O) groups excluding carboxylic acids is 2. The molecule has 1 unspecified atom stereocenters. The number of rotatable bonds is 8. The molecule has 2 aromatic rings. The number of anilines is 1. The second-order valence-corrected chi connectivity index (χ2v) is 7.80. The number of benzene rings is 2. The van der Waals surface area contributed by atoms with E-state index in [9.17, 15) is 14.9 Å². The number of nitrogens with zero attached hydrogens (tertiary/aromatic N) is 1. The summed E-state index contributed by atoms with van der Waals surface area (Å²) in [5, 5.41) is 15.7. The predicted molar refractivity (Wildman–Crippen MR) is 122 cm³/mol. The van der Waals surface area contributed by atoms with E-state index in [0.717, 1.165) is 17.3 Å². The number of nitrogens with one attached hydrogen (secondary N) is 2. The molecule has 1 aliphatic rings. The van der Waals surface area contributed by atoms with E-state index < -0.39 is 5.92 Å². The summed E-state index contributed by atoms with van der Waals surface area (Å²) in [5.74, 6) is 0.663. The van der Waals surface area contributed by atoms with Gasteiger partial charge in [-0.05, 0) is 29.8 Å². The van der Waals surface area contributed by atoms with E-state index in [4.69, 9.17) is 14.2 Å². The van der Waals surface area contributed by atoms with Crippen molar-refractivity contribution < 1.29 is 23.8 Å². The molecule has 32 heavy (non-hydrogen) atoms. The predicted octanol–water partition coefficient (Wildman–Crippen LogP) is 3.42. The Morgan fingerprint density at radius 3 is 2.53 bits per heavy atom. The molecule has 2 aromatic carbocycles. The summed E-state index contributed by atoms with van der Waals surface area (Å²) in [4.78, 5) is 24.8. The molecule has 1 aliphatic heterocycles. The van der Waals surface area contributed by atoms with Crippen molar-refractivity contribution in [2.45, 2.75) is 12.3 Å². The second-order valence-electron chi connectivity index (χ2n) is 6.81. The minimum Gasteiger partial charge on any atom is -0.495 e. The zero-order chi connectivity index (χ0) is 23.1. The normalized spacial score (nSPS) is 15.4. The van der Waals surface area contributed by atoms with Crippen LogP contribution in [0.4, 0.5) is 5.69 Å². The molecule has 0 saturated heterocycles. The molecule has 0 aromatic heterocycles. The van der Waals surface area contributed by atoms with E-state index in [1.807, 2.05) is 0 Å². The van der Waals surface area contributed by atoms with E-state index in [1.54, 1.807) is 42.5 Å². The van der Waals surface area contributed by atoms with Gasteiger partial charge in [0.05, 0.1) is 49.4 Å². The lowest BCUT2D eigenvalue weighted by molar-refractivity contribution is -0.121. The first-order chi connectivity index (χ1) is 15.5. The summed E-state index contributed by atoms with van der Waals surface area (Å²) in [6.45, 7) is 0. The van der Waals surface area contributed by atoms with Crippen LogP contribution in [0.1, 0.15) is 17.9 Å². The fourth-order valence-electron chi connectivity index (χ4n) is 3.36. The van der Waals surface area contributed by atoms with E-state index in [1.165, 1.54) is 21.3 Å². The Morgan fingerprint density at radius 1 is 1.12 bits per heavy atom. The van der Waals surface area contributed by atoms with Crippen LogP contribution in [0.5, 0.6) is 17.2 Å². The molecule has 0 spiro atoms. The molecule has 2 N–H and O–H groups in total. The first-order valence-electron chi connectivity index (χ1n) is 9.72. The molecule has 1 heterocycles. The Balaban J connectivity index is 1.80. The maximum atomic E-state index is 12.5. The number of para-hydroxylation sites is 2. The van der Waals surface area contributed by atoms with Gasteiger partial charge in [-0.2, -0.15) is 5.26 Å². The lowest BCUT2D eigenvalue weighted by Gasteiger charge is -2.25. The third-order valence-electron chi connectivity index (χ3n) is 4.89. The molecule has 1 atom stereocenters. The number of nitriles is 1. The molecule has 9 heteroatoms. The van der Waals surface area contributed by atoms with E-state index in [0.29, 0.717) is 33.5 Å². The third-order valence-corrected chi connectivity index (χ3v) is 5.91. The van der Waals surface area contributed by atoms with E-state index >= 15 is 0 Å². The van der Waals surface area contributed by atoms with Gasteiger partial charge < -0.3 is 24.8 Å². The zero-order valence-electron chi connectivity index (χ0n) is 17.9. The number of allylic oxidation sites excluding steroid dienone is 1. The Hall–Kier alpha value is -3.64. The number of amides is 2. The molecule has 2 amide bonds. The Morgan fingerprint density at radius 2 is 1.84 bits per heavy atom. The van der Waals surface area contributed by atoms with Crippen LogP contribution in [0.25, 0.3) is 0 Å². The van der Waals surface area contributed by atoms with Gasteiger partial charge in [0.2, 0.25) is 11.8 Å². The van der Waals surface area contributed by atoms with Crippen LogP contribution in [0.15, 0.2) is 53.1 Å². The fourth-order valence-corrected chi connectivity index (χ4v) is 4.24. The summed E-state index contributed by atoms with van der Waals surface area (Å²) < 4.78 is 15.9. The van der Waals surface area contributed by atoms with Crippen molar-refractivity contribution in [1.82, 2.24) is 5.32 Å². The van der Waals surface area contributed by atoms with Gasteiger partial charge in [-0.25, -0.2) is 0 Å². The molecule has 166 valence electrons. The van der Waals surface area contributed by atoms with Crippen LogP contribution in [0, 0.1) is 11.3 Å². The van der Waals surface area contributed by atoms with Crippen molar-refractivity contribution in [1.29, 1.82) is 5.26 Å². The molecule has 0 bridgehead atoms. The van der Waals surface area contributed by atoms with Gasteiger partial charge in [-0.15, -0.1) is 0 Å². The number of thioether (sulfide) groups is 1. The molecular formula is C23H23N3O5S. The summed E-state index contributed by atoms with van der Waals surface area (Å²) in [6.07, 6.45) is 0.121. The Bertz CT molecular complexity index is 1090. The van der Waals surface area contributed by atoms with Crippen molar-refractivity contribution >= 4 is 29.3 Å². The molecule has 0 radical (unpaired) electrons. The van der Waals surface area contributed by atoms with Crippen molar-refractivity contribution in [2.24, 2.45) is 0 Å². The van der Waals surface area contributed by atoms with Crippen molar-refractivity contribution in [3.63, 3.8) is 0 Å². The van der Waals surface area contributed by atoms with E-state index in [-0.39, 0.29) is 24.0 Å². The topological polar surface area (TPSA) is 110 Å². The monoisotopic (exact) mass is 453 g/mol. The standard InChI is InChI=1S/C23H23N3O5S/c1-29-18-7-5-4-6-17(18)25-22(28)13-32-23-16(12-24)15(11-21(27)26-23)14-8-9-19(30-2)20(10-14)31-3/h4-10,15H,11,13H2,1-3H3,(H,25,28)(H,26,27).